The predicted octanol–water partition coefficient (Wildman–Crippen LogP) is 4.50. The Morgan fingerprint density at radius 3 is 2.44 bits per heavy atom. The second-order valence-corrected chi connectivity index (χ2v) is 5.36. The van der Waals surface area contributed by atoms with Crippen molar-refractivity contribution in [1.82, 2.24) is 4.98 Å². The maximum atomic E-state index is 11.5. The minimum absolute atomic E-state index is 0. The number of hydrogen-bond donors (Lipinski definition) is 1. The summed E-state index contributed by atoms with van der Waals surface area (Å²) in [5, 5.41) is 4.34. The minimum Gasteiger partial charge on any atom is -0.494 e. The van der Waals surface area contributed by atoms with E-state index in [-0.39, 0.29) is 18.4 Å². The molecule has 0 unspecified atom stereocenters. The molecule has 0 aliphatic heterocycles. The van der Waals surface area contributed by atoms with E-state index in [9.17, 15) is 4.79 Å². The van der Waals surface area contributed by atoms with Gasteiger partial charge in [0, 0.05) is 22.5 Å². The third-order valence-corrected chi connectivity index (χ3v) is 3.74. The van der Waals surface area contributed by atoms with Crippen molar-refractivity contribution in [1.29, 1.82) is 0 Å². The van der Waals surface area contributed by atoms with Gasteiger partial charge in [0.15, 0.2) is 0 Å². The molecule has 3 aromatic rings. The highest BCUT2D eigenvalue weighted by atomic mass is 35.5. The van der Waals surface area contributed by atoms with Crippen LogP contribution in [0.15, 0.2) is 48.5 Å². The fraction of sp³-hybridized carbons (Fsp3) is 0.158. The molecule has 25 heavy (non-hydrogen) atoms. The lowest BCUT2D eigenvalue weighted by Gasteiger charge is -2.13. The monoisotopic (exact) mass is 358 g/mol. The summed E-state index contributed by atoms with van der Waals surface area (Å²) in [5.41, 5.74) is 4.02. The lowest BCUT2D eigenvalue weighted by molar-refractivity contribution is 0.0601. The van der Waals surface area contributed by atoms with Crippen LogP contribution in [0.4, 0.5) is 11.4 Å². The number of fused-ring (bicyclic) bond motifs is 1. The average molecular weight is 359 g/mol. The summed E-state index contributed by atoms with van der Waals surface area (Å²) in [7, 11) is 3.01. The molecule has 0 saturated heterocycles. The summed E-state index contributed by atoms with van der Waals surface area (Å²) in [6.45, 7) is 1.94. The Labute approximate surface area is 152 Å². The number of hydrogen-bond acceptors (Lipinski definition) is 5. The van der Waals surface area contributed by atoms with Crippen LogP contribution in [-0.4, -0.2) is 25.2 Å². The van der Waals surface area contributed by atoms with Crippen LogP contribution in [-0.2, 0) is 4.74 Å². The number of methoxy groups -OCH3 is 2. The van der Waals surface area contributed by atoms with Gasteiger partial charge in [-0.3, -0.25) is 0 Å². The Morgan fingerprint density at radius 1 is 1.08 bits per heavy atom. The Kier molecular flexibility index (Phi) is 5.83. The number of anilines is 2. The first-order valence-corrected chi connectivity index (χ1v) is 7.52. The van der Waals surface area contributed by atoms with Crippen LogP contribution in [0.5, 0.6) is 5.75 Å². The standard InChI is InChI=1S/C19H18N2O3.ClH/c1-12-11-16(15-5-4-6-17(23-2)18(15)20-12)21-14-9-7-13(8-10-14)19(22)24-3;/h4-11H,1-3H3,(H,20,21);1H. The summed E-state index contributed by atoms with van der Waals surface area (Å²) >= 11 is 0. The van der Waals surface area contributed by atoms with Crippen molar-refractivity contribution in [2.24, 2.45) is 0 Å². The van der Waals surface area contributed by atoms with Crippen LogP contribution in [0.25, 0.3) is 10.9 Å². The van der Waals surface area contributed by atoms with E-state index < -0.39 is 0 Å². The van der Waals surface area contributed by atoms with Crippen molar-refractivity contribution in [2.45, 2.75) is 6.92 Å². The SMILES string of the molecule is COC(=O)c1ccc(Nc2cc(C)nc3c(OC)cccc23)cc1.Cl. The fourth-order valence-corrected chi connectivity index (χ4v) is 2.58. The first-order valence-electron chi connectivity index (χ1n) is 7.52. The molecule has 0 aliphatic rings. The third-order valence-electron chi connectivity index (χ3n) is 3.74. The second kappa shape index (κ2) is 7.85. The number of rotatable bonds is 4. The molecule has 3 rings (SSSR count). The smallest absolute Gasteiger partial charge is 0.337 e. The van der Waals surface area contributed by atoms with Crippen molar-refractivity contribution in [3.63, 3.8) is 0 Å². The van der Waals surface area contributed by atoms with Crippen LogP contribution in [0, 0.1) is 6.92 Å². The van der Waals surface area contributed by atoms with Gasteiger partial charge in [0.2, 0.25) is 0 Å². The molecule has 0 bridgehead atoms. The van der Waals surface area contributed by atoms with Gasteiger partial charge in [-0.05, 0) is 43.3 Å². The summed E-state index contributed by atoms with van der Waals surface area (Å²) in [5.74, 6) is 0.386. The van der Waals surface area contributed by atoms with E-state index in [4.69, 9.17) is 9.47 Å². The average Bonchev–Trinajstić information content (AvgIpc) is 2.61. The van der Waals surface area contributed by atoms with E-state index in [2.05, 4.69) is 10.3 Å². The van der Waals surface area contributed by atoms with Gasteiger partial charge in [0.1, 0.15) is 11.3 Å². The Balaban J connectivity index is 0.00000225. The van der Waals surface area contributed by atoms with Crippen molar-refractivity contribution in [3.05, 3.63) is 59.8 Å². The molecule has 0 fully saturated rings. The zero-order valence-electron chi connectivity index (χ0n) is 14.2. The Hall–Kier alpha value is -2.79. The molecule has 5 nitrogen and oxygen atoms in total. The van der Waals surface area contributed by atoms with Crippen molar-refractivity contribution in [3.8, 4) is 5.75 Å². The van der Waals surface area contributed by atoms with Crippen molar-refractivity contribution >= 4 is 40.7 Å². The van der Waals surface area contributed by atoms with E-state index >= 15 is 0 Å². The van der Waals surface area contributed by atoms with Crippen molar-refractivity contribution in [2.75, 3.05) is 19.5 Å². The minimum atomic E-state index is -0.350. The van der Waals surface area contributed by atoms with E-state index in [1.807, 2.05) is 43.3 Å². The number of carbonyl (C=O) groups is 1. The number of nitrogens with zero attached hydrogens (tertiary/aromatic N) is 1. The molecule has 2 aromatic carbocycles. The van der Waals surface area contributed by atoms with Gasteiger partial charge in [0.05, 0.1) is 19.8 Å². The number of esters is 1. The number of carbonyl (C=O) groups excluding carboxylic acids is 1. The van der Waals surface area contributed by atoms with Gasteiger partial charge < -0.3 is 14.8 Å². The quantitative estimate of drug-likeness (QED) is 0.695. The lowest BCUT2D eigenvalue weighted by atomic mass is 10.1. The highest BCUT2D eigenvalue weighted by molar-refractivity contribution is 5.96. The molecule has 6 heteroatoms. The molecule has 0 atom stereocenters. The van der Waals surface area contributed by atoms with Crippen molar-refractivity contribution < 1.29 is 14.3 Å². The third kappa shape index (κ3) is 3.83. The molecule has 0 aliphatic carbocycles. The first kappa shape index (κ1) is 18.5. The summed E-state index contributed by atoms with van der Waals surface area (Å²) in [6, 6.07) is 14.9. The summed E-state index contributed by atoms with van der Waals surface area (Å²) in [4.78, 5) is 16.1. The molecule has 1 aromatic heterocycles. The number of benzene rings is 2. The maximum Gasteiger partial charge on any atom is 0.337 e. The van der Waals surface area contributed by atoms with Gasteiger partial charge in [-0.2, -0.15) is 0 Å². The zero-order valence-corrected chi connectivity index (χ0v) is 15.0. The van der Waals surface area contributed by atoms with Gasteiger partial charge in [-0.25, -0.2) is 9.78 Å². The maximum absolute atomic E-state index is 11.5. The normalized spacial score (nSPS) is 10.0. The molecule has 130 valence electrons. The van der Waals surface area contributed by atoms with Gasteiger partial charge in [-0.15, -0.1) is 12.4 Å². The van der Waals surface area contributed by atoms with Gasteiger partial charge >= 0.3 is 5.97 Å². The van der Waals surface area contributed by atoms with E-state index in [1.165, 1.54) is 7.11 Å². The molecule has 0 amide bonds. The molecule has 1 N–H and O–H groups in total. The Bertz CT molecular complexity index is 895. The summed E-state index contributed by atoms with van der Waals surface area (Å²) < 4.78 is 10.1. The molecule has 1 heterocycles. The van der Waals surface area contributed by atoms with Crippen LogP contribution < -0.4 is 10.1 Å². The number of nitrogens with one attached hydrogen (secondary N) is 1. The number of ether oxygens (including phenoxy) is 2. The zero-order chi connectivity index (χ0) is 17.1. The number of para-hydroxylation sites is 1. The lowest BCUT2D eigenvalue weighted by Crippen LogP contribution is -2.01. The number of halogens is 1. The number of aromatic nitrogens is 1. The number of aryl methyl sites for hydroxylation is 1. The van der Waals surface area contributed by atoms with Crippen LogP contribution in [0.1, 0.15) is 16.1 Å². The van der Waals surface area contributed by atoms with Crippen LogP contribution in [0.2, 0.25) is 0 Å². The molecule has 0 spiro atoms. The molecule has 0 saturated carbocycles. The fourth-order valence-electron chi connectivity index (χ4n) is 2.58. The Morgan fingerprint density at radius 2 is 1.80 bits per heavy atom. The second-order valence-electron chi connectivity index (χ2n) is 5.36. The van der Waals surface area contributed by atoms with Gasteiger partial charge in [0.25, 0.3) is 0 Å². The summed E-state index contributed by atoms with van der Waals surface area (Å²) in [6.07, 6.45) is 0. The van der Waals surface area contributed by atoms with E-state index in [0.29, 0.717) is 5.56 Å². The highest BCUT2D eigenvalue weighted by Crippen LogP contribution is 2.31. The molecular formula is C19H19ClN2O3. The number of pyridine rings is 1. The van der Waals surface area contributed by atoms with Gasteiger partial charge in [-0.1, -0.05) is 12.1 Å². The molecule has 0 radical (unpaired) electrons. The topological polar surface area (TPSA) is 60.5 Å². The van der Waals surface area contributed by atoms with Crippen LogP contribution in [0.3, 0.4) is 0 Å². The van der Waals surface area contributed by atoms with Crippen LogP contribution >= 0.6 is 12.4 Å². The van der Waals surface area contributed by atoms with E-state index in [1.54, 1.807) is 19.2 Å². The first-order chi connectivity index (χ1) is 11.6. The largest absolute Gasteiger partial charge is 0.494 e. The highest BCUT2D eigenvalue weighted by Gasteiger charge is 2.09. The molecular weight excluding hydrogens is 340 g/mol. The predicted molar refractivity (Wildman–Crippen MR) is 101 cm³/mol. The van der Waals surface area contributed by atoms with E-state index in [0.717, 1.165) is 33.7 Å².